The zero-order chi connectivity index (χ0) is 9.94. The Morgan fingerprint density at radius 1 is 1.00 bits per heavy atom. The Labute approximate surface area is 81.6 Å². The van der Waals surface area contributed by atoms with Crippen molar-refractivity contribution in [3.05, 3.63) is 12.2 Å². The van der Waals surface area contributed by atoms with Gasteiger partial charge in [0.1, 0.15) is 0 Å². The summed E-state index contributed by atoms with van der Waals surface area (Å²) in [6, 6.07) is 0. The van der Waals surface area contributed by atoms with E-state index in [-0.39, 0.29) is 0 Å². The van der Waals surface area contributed by atoms with Crippen LogP contribution in [0.1, 0.15) is 25.7 Å². The minimum absolute atomic E-state index is 0.708. The molecule has 5 N–H and O–H groups in total. The number of hydrogen-bond acceptors (Lipinski definition) is 3. The second-order valence-electron chi connectivity index (χ2n) is 3.28. The molecule has 13 heavy (non-hydrogen) atoms. The van der Waals surface area contributed by atoms with Crippen LogP contribution in [0.25, 0.3) is 0 Å². The van der Waals surface area contributed by atoms with Crippen LogP contribution in [0.5, 0.6) is 0 Å². The van der Waals surface area contributed by atoms with Crippen LogP contribution in [-0.4, -0.2) is 26.2 Å². The molecular weight excluding hydrogens is 162 g/mol. The highest BCUT2D eigenvalue weighted by Gasteiger charge is 1.94. The molecule has 0 saturated heterocycles. The number of hydrogen-bond donors (Lipinski definition) is 3. The van der Waals surface area contributed by atoms with Gasteiger partial charge in [-0.25, -0.2) is 0 Å². The van der Waals surface area contributed by atoms with Gasteiger partial charge in [-0.15, -0.1) is 0 Å². The number of rotatable bonds is 9. The van der Waals surface area contributed by atoms with E-state index in [2.05, 4.69) is 11.9 Å². The smallest absolute Gasteiger partial charge is 0.00746 e. The lowest BCUT2D eigenvalue weighted by Gasteiger charge is -2.05. The summed E-state index contributed by atoms with van der Waals surface area (Å²) < 4.78 is 0. The molecule has 0 heterocycles. The van der Waals surface area contributed by atoms with E-state index in [9.17, 15) is 0 Å². The molecular formula is C10H23N3. The number of nitrogens with one attached hydrogen (secondary N) is 1. The van der Waals surface area contributed by atoms with Gasteiger partial charge in [0.15, 0.2) is 0 Å². The molecule has 78 valence electrons. The van der Waals surface area contributed by atoms with Gasteiger partial charge in [-0.3, -0.25) is 0 Å². The molecule has 3 heteroatoms. The van der Waals surface area contributed by atoms with Crippen LogP contribution < -0.4 is 16.8 Å². The zero-order valence-electron chi connectivity index (χ0n) is 8.52. The lowest BCUT2D eigenvalue weighted by atomic mass is 10.1. The van der Waals surface area contributed by atoms with Crippen molar-refractivity contribution in [1.29, 1.82) is 0 Å². The lowest BCUT2D eigenvalue weighted by molar-refractivity contribution is 0.659. The van der Waals surface area contributed by atoms with Crippen LogP contribution in [0.15, 0.2) is 12.2 Å². The normalized spacial score (nSPS) is 10.3. The maximum Gasteiger partial charge on any atom is 0.00746 e. The summed E-state index contributed by atoms with van der Waals surface area (Å²) in [7, 11) is 0. The van der Waals surface area contributed by atoms with Crippen molar-refractivity contribution in [3.8, 4) is 0 Å². The lowest BCUT2D eigenvalue weighted by Crippen LogP contribution is -2.23. The molecule has 0 aromatic heterocycles. The molecule has 0 aromatic carbocycles. The maximum atomic E-state index is 5.40. The van der Waals surface area contributed by atoms with Crippen molar-refractivity contribution in [2.24, 2.45) is 11.5 Å². The van der Waals surface area contributed by atoms with E-state index in [1.54, 1.807) is 0 Å². The first kappa shape index (κ1) is 12.6. The summed E-state index contributed by atoms with van der Waals surface area (Å²) in [6.45, 7) is 7.41. The van der Waals surface area contributed by atoms with Gasteiger partial charge >= 0.3 is 0 Å². The van der Waals surface area contributed by atoms with Gasteiger partial charge < -0.3 is 16.8 Å². The van der Waals surface area contributed by atoms with Crippen molar-refractivity contribution in [1.82, 2.24) is 5.32 Å². The Morgan fingerprint density at radius 2 is 1.77 bits per heavy atom. The van der Waals surface area contributed by atoms with Gasteiger partial charge in [0.2, 0.25) is 0 Å². The molecule has 0 aliphatic rings. The molecule has 0 aliphatic carbocycles. The van der Waals surface area contributed by atoms with Crippen LogP contribution in [0, 0.1) is 0 Å². The van der Waals surface area contributed by atoms with Crippen LogP contribution in [0.4, 0.5) is 0 Å². The third-order valence-electron chi connectivity index (χ3n) is 1.96. The predicted molar refractivity (Wildman–Crippen MR) is 58.6 cm³/mol. The van der Waals surface area contributed by atoms with E-state index < -0.39 is 0 Å². The number of nitrogens with two attached hydrogens (primary N) is 2. The summed E-state index contributed by atoms with van der Waals surface area (Å²) in [5.74, 6) is 0. The molecule has 0 radical (unpaired) electrons. The van der Waals surface area contributed by atoms with Crippen LogP contribution in [-0.2, 0) is 0 Å². The van der Waals surface area contributed by atoms with Gasteiger partial charge in [0, 0.05) is 13.1 Å². The van der Waals surface area contributed by atoms with Gasteiger partial charge in [-0.2, -0.15) is 0 Å². The second-order valence-corrected chi connectivity index (χ2v) is 3.28. The van der Waals surface area contributed by atoms with E-state index in [0.29, 0.717) is 6.54 Å². The third kappa shape index (κ3) is 9.53. The SMILES string of the molecule is C=C(CCCCN)CCNCCN. The molecule has 0 bridgehead atoms. The van der Waals surface area contributed by atoms with E-state index >= 15 is 0 Å². The van der Waals surface area contributed by atoms with Gasteiger partial charge in [0.25, 0.3) is 0 Å². The third-order valence-corrected chi connectivity index (χ3v) is 1.96. The summed E-state index contributed by atoms with van der Waals surface area (Å²) in [5, 5.41) is 3.25. The van der Waals surface area contributed by atoms with E-state index in [1.165, 1.54) is 12.0 Å². The van der Waals surface area contributed by atoms with Gasteiger partial charge in [0.05, 0.1) is 0 Å². The fraction of sp³-hybridized carbons (Fsp3) is 0.800. The summed E-state index contributed by atoms with van der Waals surface area (Å²) >= 11 is 0. The molecule has 0 amide bonds. The maximum absolute atomic E-state index is 5.40. The zero-order valence-corrected chi connectivity index (χ0v) is 8.52. The molecule has 0 aromatic rings. The summed E-state index contributed by atoms with van der Waals surface area (Å²) in [4.78, 5) is 0. The highest BCUT2D eigenvalue weighted by atomic mass is 14.9. The minimum Gasteiger partial charge on any atom is -0.330 e. The largest absolute Gasteiger partial charge is 0.330 e. The summed E-state index contributed by atoms with van der Waals surface area (Å²) in [5.41, 5.74) is 12.1. The Balaban J connectivity index is 3.11. The molecule has 0 fully saturated rings. The van der Waals surface area contributed by atoms with E-state index in [4.69, 9.17) is 11.5 Å². The average molecular weight is 185 g/mol. The highest BCUT2D eigenvalue weighted by molar-refractivity contribution is 4.94. The topological polar surface area (TPSA) is 64.1 Å². The van der Waals surface area contributed by atoms with Crippen molar-refractivity contribution >= 4 is 0 Å². The first-order valence-electron chi connectivity index (χ1n) is 5.08. The van der Waals surface area contributed by atoms with Gasteiger partial charge in [-0.1, -0.05) is 12.2 Å². The highest BCUT2D eigenvalue weighted by Crippen LogP contribution is 2.07. The molecule has 3 nitrogen and oxygen atoms in total. The Morgan fingerprint density at radius 3 is 2.38 bits per heavy atom. The summed E-state index contributed by atoms with van der Waals surface area (Å²) in [6.07, 6.45) is 4.45. The molecule has 0 rings (SSSR count). The van der Waals surface area contributed by atoms with Crippen LogP contribution >= 0.6 is 0 Å². The first-order valence-corrected chi connectivity index (χ1v) is 5.08. The molecule has 0 spiro atoms. The predicted octanol–water partition coefficient (Wildman–Crippen LogP) is 0.610. The van der Waals surface area contributed by atoms with Crippen molar-refractivity contribution in [2.45, 2.75) is 25.7 Å². The van der Waals surface area contributed by atoms with Crippen LogP contribution in [0.3, 0.4) is 0 Å². The van der Waals surface area contributed by atoms with Crippen molar-refractivity contribution in [2.75, 3.05) is 26.2 Å². The Bertz CT molecular complexity index is 123. The standard InChI is InChI=1S/C10H23N3/c1-10(4-2-3-6-11)5-8-13-9-7-12/h13H,1-9,11-12H2. The first-order chi connectivity index (χ1) is 6.31. The fourth-order valence-electron chi connectivity index (χ4n) is 1.14. The van der Waals surface area contributed by atoms with E-state index in [0.717, 1.165) is 38.9 Å². The van der Waals surface area contributed by atoms with Crippen molar-refractivity contribution in [3.63, 3.8) is 0 Å². The van der Waals surface area contributed by atoms with E-state index in [1.807, 2.05) is 0 Å². The Hall–Kier alpha value is -0.380. The molecule has 0 aliphatic heterocycles. The fourth-order valence-corrected chi connectivity index (χ4v) is 1.14. The molecule has 0 unspecified atom stereocenters. The minimum atomic E-state index is 0.708. The number of unbranched alkanes of at least 4 members (excludes halogenated alkanes) is 1. The van der Waals surface area contributed by atoms with Crippen LogP contribution in [0.2, 0.25) is 0 Å². The van der Waals surface area contributed by atoms with Crippen molar-refractivity contribution < 1.29 is 0 Å². The monoisotopic (exact) mass is 185 g/mol. The second kappa shape index (κ2) is 9.71. The molecule has 0 atom stereocenters. The molecule has 0 saturated carbocycles. The Kier molecular flexibility index (Phi) is 9.42. The van der Waals surface area contributed by atoms with Gasteiger partial charge in [-0.05, 0) is 38.8 Å². The average Bonchev–Trinajstić information content (AvgIpc) is 2.13. The quantitative estimate of drug-likeness (QED) is 0.364.